The summed E-state index contributed by atoms with van der Waals surface area (Å²) in [5, 5.41) is 10.8. The van der Waals surface area contributed by atoms with Gasteiger partial charge < -0.3 is 10.2 Å². The van der Waals surface area contributed by atoms with Gasteiger partial charge in [0.25, 0.3) is 0 Å². The summed E-state index contributed by atoms with van der Waals surface area (Å²) in [5.74, 6) is -0.183. The summed E-state index contributed by atoms with van der Waals surface area (Å²) in [4.78, 5) is 27.0. The first-order valence-corrected chi connectivity index (χ1v) is 7.26. The Labute approximate surface area is 124 Å². The molecule has 7 nitrogen and oxygen atoms in total. The highest BCUT2D eigenvalue weighted by Gasteiger charge is 2.52. The topological polar surface area (TPSA) is 80.1 Å². The molecule has 1 aromatic heterocycles. The highest BCUT2D eigenvalue weighted by Crippen LogP contribution is 2.31. The van der Waals surface area contributed by atoms with Crippen LogP contribution in [0.5, 0.6) is 0 Å². The van der Waals surface area contributed by atoms with Gasteiger partial charge >= 0.3 is 0 Å². The van der Waals surface area contributed by atoms with E-state index < -0.39 is 11.1 Å². The van der Waals surface area contributed by atoms with Gasteiger partial charge in [-0.25, -0.2) is 0 Å². The minimum Gasteiger partial charge on any atom is -0.340 e. The van der Waals surface area contributed by atoms with Crippen LogP contribution >= 0.6 is 0 Å². The van der Waals surface area contributed by atoms with Crippen molar-refractivity contribution in [2.75, 3.05) is 0 Å². The molecule has 0 spiro atoms. The Balaban J connectivity index is 2.38. The molecule has 0 aromatic carbocycles. The molecule has 0 unspecified atom stereocenters. The number of carbonyl (C=O) groups is 2. The van der Waals surface area contributed by atoms with E-state index in [0.29, 0.717) is 18.5 Å². The lowest BCUT2D eigenvalue weighted by atomic mass is 9.83. The van der Waals surface area contributed by atoms with Crippen LogP contribution in [0.3, 0.4) is 0 Å². The largest absolute Gasteiger partial charge is 0.340 e. The lowest BCUT2D eigenvalue weighted by molar-refractivity contribution is -0.162. The van der Waals surface area contributed by atoms with Crippen LogP contribution in [0, 0.1) is 0 Å². The van der Waals surface area contributed by atoms with Gasteiger partial charge in [-0.05, 0) is 26.7 Å². The van der Waals surface area contributed by atoms with E-state index >= 15 is 0 Å². The van der Waals surface area contributed by atoms with E-state index in [1.54, 1.807) is 36.7 Å². The van der Waals surface area contributed by atoms with Crippen LogP contribution in [0.4, 0.5) is 0 Å². The molecule has 1 fully saturated rings. The molecule has 1 N–H and O–H groups in total. The number of nitrogens with one attached hydrogen (secondary N) is 1. The Bertz CT molecular complexity index is 559. The molecule has 2 heterocycles. The quantitative estimate of drug-likeness (QED) is 0.882. The minimum atomic E-state index is -0.900. The average molecular weight is 293 g/mol. The fourth-order valence-electron chi connectivity index (χ4n) is 2.69. The van der Waals surface area contributed by atoms with Gasteiger partial charge in [-0.2, -0.15) is 0 Å². The Hall–Kier alpha value is -1.92. The van der Waals surface area contributed by atoms with Gasteiger partial charge in [-0.15, -0.1) is 5.10 Å². The number of rotatable bonds is 4. The number of carbonyl (C=O) groups excluding carboxylic acids is 2. The molecule has 2 rings (SSSR count). The highest BCUT2D eigenvalue weighted by atomic mass is 16.2. The van der Waals surface area contributed by atoms with Crippen molar-refractivity contribution < 1.29 is 9.59 Å². The van der Waals surface area contributed by atoms with Crippen molar-refractivity contribution in [1.82, 2.24) is 25.2 Å². The maximum Gasteiger partial charge on any atom is 0.249 e. The molecular weight excluding hydrogens is 270 g/mol. The van der Waals surface area contributed by atoms with Gasteiger partial charge in [0.1, 0.15) is 16.8 Å². The number of hydrogen-bond donors (Lipinski definition) is 1. The summed E-state index contributed by atoms with van der Waals surface area (Å²) < 4.78 is 1.59. The molecule has 1 aliphatic heterocycles. The number of hydrogen-bond acceptors (Lipinski definition) is 4. The SMILES string of the molecule is CCC1(CC)NC(=O)C(C)(C)N(Cc2cn(C)nn2)C1=O. The normalized spacial score (nSPS) is 20.5. The van der Waals surface area contributed by atoms with Crippen LogP contribution in [0.15, 0.2) is 6.20 Å². The second kappa shape index (κ2) is 5.13. The van der Waals surface area contributed by atoms with Gasteiger partial charge in [0.15, 0.2) is 0 Å². The maximum absolute atomic E-state index is 12.9. The van der Waals surface area contributed by atoms with Crippen LogP contribution in [0.1, 0.15) is 46.2 Å². The van der Waals surface area contributed by atoms with Crippen molar-refractivity contribution in [3.63, 3.8) is 0 Å². The standard InChI is InChI=1S/C14H23N5O2/c1-6-14(7-2)12(21)19(13(3,4)11(20)15-14)9-10-8-18(5)17-16-10/h8H,6-7,9H2,1-5H3,(H,15,20). The van der Waals surface area contributed by atoms with E-state index in [4.69, 9.17) is 0 Å². The highest BCUT2D eigenvalue weighted by molar-refractivity contribution is 6.01. The van der Waals surface area contributed by atoms with E-state index in [1.165, 1.54) is 0 Å². The molecule has 0 bridgehead atoms. The Morgan fingerprint density at radius 3 is 2.33 bits per heavy atom. The minimum absolute atomic E-state index is 0.0530. The number of aryl methyl sites for hydroxylation is 1. The molecule has 1 aromatic rings. The van der Waals surface area contributed by atoms with Gasteiger partial charge in [0, 0.05) is 13.2 Å². The molecule has 0 saturated carbocycles. The summed E-state index contributed by atoms with van der Waals surface area (Å²) in [5.41, 5.74) is -1.04. The molecule has 1 saturated heterocycles. The first-order valence-electron chi connectivity index (χ1n) is 7.26. The Morgan fingerprint density at radius 2 is 1.86 bits per heavy atom. The van der Waals surface area contributed by atoms with Crippen molar-refractivity contribution in [2.24, 2.45) is 7.05 Å². The van der Waals surface area contributed by atoms with Crippen LogP contribution in [-0.4, -0.2) is 42.8 Å². The molecule has 0 radical (unpaired) electrons. The van der Waals surface area contributed by atoms with Crippen molar-refractivity contribution in [3.05, 3.63) is 11.9 Å². The zero-order valence-corrected chi connectivity index (χ0v) is 13.3. The third-order valence-electron chi connectivity index (χ3n) is 4.42. The summed E-state index contributed by atoms with van der Waals surface area (Å²) in [6.07, 6.45) is 2.90. The number of aromatic nitrogens is 3. The Kier molecular flexibility index (Phi) is 3.78. The van der Waals surface area contributed by atoms with Gasteiger partial charge in [-0.1, -0.05) is 19.1 Å². The summed E-state index contributed by atoms with van der Waals surface area (Å²) >= 11 is 0. The molecule has 7 heteroatoms. The molecular formula is C14H23N5O2. The maximum atomic E-state index is 12.9. The third kappa shape index (κ3) is 2.41. The number of piperazine rings is 1. The lowest BCUT2D eigenvalue weighted by Gasteiger charge is -2.49. The predicted molar refractivity (Wildman–Crippen MR) is 77.1 cm³/mol. The average Bonchev–Trinajstić information content (AvgIpc) is 2.85. The molecule has 21 heavy (non-hydrogen) atoms. The van der Waals surface area contributed by atoms with Gasteiger partial charge in [0.05, 0.1) is 6.54 Å². The van der Waals surface area contributed by atoms with Crippen molar-refractivity contribution in [2.45, 2.75) is 58.2 Å². The summed E-state index contributed by atoms with van der Waals surface area (Å²) in [6, 6.07) is 0. The van der Waals surface area contributed by atoms with E-state index in [2.05, 4.69) is 15.6 Å². The monoisotopic (exact) mass is 293 g/mol. The second-order valence-electron chi connectivity index (χ2n) is 6.08. The number of nitrogens with zero attached hydrogens (tertiary/aromatic N) is 4. The van der Waals surface area contributed by atoms with Gasteiger partial charge in [0.2, 0.25) is 11.8 Å². The molecule has 0 atom stereocenters. The lowest BCUT2D eigenvalue weighted by Crippen LogP contribution is -2.73. The van der Waals surface area contributed by atoms with Crippen molar-refractivity contribution in [3.8, 4) is 0 Å². The van der Waals surface area contributed by atoms with E-state index in [0.717, 1.165) is 0 Å². The van der Waals surface area contributed by atoms with E-state index in [1.807, 2.05) is 13.8 Å². The smallest absolute Gasteiger partial charge is 0.249 e. The fraction of sp³-hybridized carbons (Fsp3) is 0.714. The summed E-state index contributed by atoms with van der Waals surface area (Å²) in [7, 11) is 1.77. The predicted octanol–water partition coefficient (Wildman–Crippen LogP) is 0.611. The zero-order valence-electron chi connectivity index (χ0n) is 13.3. The van der Waals surface area contributed by atoms with Crippen LogP contribution in [0.2, 0.25) is 0 Å². The molecule has 0 aliphatic carbocycles. The van der Waals surface area contributed by atoms with Crippen LogP contribution < -0.4 is 5.32 Å². The third-order valence-corrected chi connectivity index (χ3v) is 4.42. The van der Waals surface area contributed by atoms with E-state index in [-0.39, 0.29) is 18.4 Å². The molecule has 116 valence electrons. The molecule has 1 aliphatic rings. The van der Waals surface area contributed by atoms with Crippen molar-refractivity contribution >= 4 is 11.8 Å². The van der Waals surface area contributed by atoms with Crippen LogP contribution in [-0.2, 0) is 23.2 Å². The second-order valence-corrected chi connectivity index (χ2v) is 6.08. The molecule has 2 amide bonds. The zero-order chi connectivity index (χ0) is 15.8. The fourth-order valence-corrected chi connectivity index (χ4v) is 2.69. The number of amides is 2. The summed E-state index contributed by atoms with van der Waals surface area (Å²) in [6.45, 7) is 7.63. The first kappa shape index (κ1) is 15.5. The van der Waals surface area contributed by atoms with Crippen LogP contribution in [0.25, 0.3) is 0 Å². The Morgan fingerprint density at radius 1 is 1.24 bits per heavy atom. The van der Waals surface area contributed by atoms with E-state index in [9.17, 15) is 9.59 Å². The van der Waals surface area contributed by atoms with Crippen molar-refractivity contribution in [1.29, 1.82) is 0 Å². The van der Waals surface area contributed by atoms with Gasteiger partial charge in [-0.3, -0.25) is 14.3 Å². The first-order chi connectivity index (χ1) is 9.76.